The lowest BCUT2D eigenvalue weighted by Crippen LogP contribution is -2.15. The highest BCUT2D eigenvalue weighted by Gasteiger charge is 2.23. The highest BCUT2D eigenvalue weighted by Crippen LogP contribution is 2.33. The molecule has 0 saturated heterocycles. The molecule has 0 aliphatic heterocycles. The molecule has 0 atom stereocenters. The maximum Gasteiger partial charge on any atom is 0.224 e. The third-order valence-electron chi connectivity index (χ3n) is 6.44. The van der Waals surface area contributed by atoms with Crippen LogP contribution in [-0.2, 0) is 0 Å². The molecule has 188 valence electrons. The van der Waals surface area contributed by atoms with E-state index in [1.807, 2.05) is 25.3 Å². The SMILES string of the molecule is C#CC(=CC=C(C)NSc1ccc(C)cc1)c1nn(C2CCCCC2)c2nc(NCCCC)ncc12. The summed E-state index contributed by atoms with van der Waals surface area (Å²) in [7, 11) is 0. The van der Waals surface area contributed by atoms with Crippen molar-refractivity contribution in [3.05, 3.63) is 59.6 Å². The number of unbranched alkanes of at least 4 members (excludes halogenated alkanes) is 1. The standard InChI is InChI=1S/C29H36N6S/c1-5-7-19-30-29-31-20-26-27(33-35(28(26)32-29)24-11-9-8-10-12-24)23(6-2)16-15-22(4)34-36-25-17-13-21(3)14-18-25/h2,13-18,20,24,34H,5,7-12,19H2,1,3-4H3,(H,30,31,32). The number of hydrogen-bond donors (Lipinski definition) is 2. The Morgan fingerprint density at radius 2 is 1.97 bits per heavy atom. The Hall–Kier alpha value is -3.24. The molecule has 0 unspecified atom stereocenters. The number of fused-ring (bicyclic) bond motifs is 1. The van der Waals surface area contributed by atoms with Gasteiger partial charge in [-0.3, -0.25) is 0 Å². The normalized spacial score (nSPS) is 15.2. The number of terminal acetylenes is 1. The summed E-state index contributed by atoms with van der Waals surface area (Å²) in [6.07, 6.45) is 20.0. The van der Waals surface area contributed by atoms with Crippen LogP contribution in [0.1, 0.15) is 76.1 Å². The zero-order valence-corrected chi connectivity index (χ0v) is 22.4. The minimum Gasteiger partial charge on any atom is -0.354 e. The lowest BCUT2D eigenvalue weighted by atomic mass is 9.96. The summed E-state index contributed by atoms with van der Waals surface area (Å²) >= 11 is 1.58. The van der Waals surface area contributed by atoms with Crippen LogP contribution in [0.4, 0.5) is 5.95 Å². The highest BCUT2D eigenvalue weighted by molar-refractivity contribution is 7.97. The van der Waals surface area contributed by atoms with Crippen molar-refractivity contribution in [2.75, 3.05) is 11.9 Å². The Morgan fingerprint density at radius 1 is 1.19 bits per heavy atom. The van der Waals surface area contributed by atoms with Crippen LogP contribution >= 0.6 is 11.9 Å². The molecule has 0 bridgehead atoms. The molecular formula is C29H36N6S. The first kappa shape index (κ1) is 25.8. The van der Waals surface area contributed by atoms with Crippen molar-refractivity contribution in [2.24, 2.45) is 0 Å². The summed E-state index contributed by atoms with van der Waals surface area (Å²) in [6, 6.07) is 8.79. The molecule has 1 aliphatic carbocycles. The molecule has 0 radical (unpaired) electrons. The molecule has 2 aromatic heterocycles. The Kier molecular flexibility index (Phi) is 9.07. The van der Waals surface area contributed by atoms with E-state index in [4.69, 9.17) is 16.5 Å². The van der Waals surface area contributed by atoms with Gasteiger partial charge in [0.1, 0.15) is 5.69 Å². The third-order valence-corrected chi connectivity index (χ3v) is 7.38. The summed E-state index contributed by atoms with van der Waals surface area (Å²) in [5.41, 5.74) is 4.62. The van der Waals surface area contributed by atoms with Crippen molar-refractivity contribution in [3.8, 4) is 12.3 Å². The smallest absolute Gasteiger partial charge is 0.224 e. The Morgan fingerprint density at radius 3 is 2.69 bits per heavy atom. The van der Waals surface area contributed by atoms with Gasteiger partial charge in [-0.15, -0.1) is 6.42 Å². The molecule has 1 aliphatic rings. The van der Waals surface area contributed by atoms with Gasteiger partial charge in [0, 0.05) is 23.3 Å². The van der Waals surface area contributed by atoms with Crippen molar-refractivity contribution >= 4 is 34.5 Å². The van der Waals surface area contributed by atoms with Gasteiger partial charge in [0.25, 0.3) is 0 Å². The van der Waals surface area contributed by atoms with E-state index < -0.39 is 0 Å². The van der Waals surface area contributed by atoms with E-state index in [2.05, 4.69) is 63.7 Å². The molecule has 36 heavy (non-hydrogen) atoms. The van der Waals surface area contributed by atoms with E-state index in [9.17, 15) is 0 Å². The predicted molar refractivity (Wildman–Crippen MR) is 152 cm³/mol. The maximum atomic E-state index is 5.98. The molecule has 0 amide bonds. The largest absolute Gasteiger partial charge is 0.354 e. The van der Waals surface area contributed by atoms with Gasteiger partial charge < -0.3 is 10.0 Å². The zero-order chi connectivity index (χ0) is 25.3. The molecule has 6 nitrogen and oxygen atoms in total. The molecule has 2 heterocycles. The number of aryl methyl sites for hydroxylation is 1. The van der Waals surface area contributed by atoms with Crippen LogP contribution in [0.5, 0.6) is 0 Å². The molecule has 1 fully saturated rings. The zero-order valence-electron chi connectivity index (χ0n) is 21.6. The monoisotopic (exact) mass is 500 g/mol. The highest BCUT2D eigenvalue weighted by atomic mass is 32.2. The average Bonchev–Trinajstić information content (AvgIpc) is 3.28. The summed E-state index contributed by atoms with van der Waals surface area (Å²) in [6.45, 7) is 7.16. The van der Waals surface area contributed by atoms with Crippen molar-refractivity contribution < 1.29 is 0 Å². The number of benzene rings is 1. The van der Waals surface area contributed by atoms with Crippen LogP contribution in [0.3, 0.4) is 0 Å². The minimum absolute atomic E-state index is 0.345. The van der Waals surface area contributed by atoms with Crippen LogP contribution in [0.15, 0.2) is 53.2 Å². The summed E-state index contributed by atoms with van der Waals surface area (Å²) < 4.78 is 5.48. The molecule has 0 spiro atoms. The van der Waals surface area contributed by atoms with Crippen LogP contribution in [-0.4, -0.2) is 26.3 Å². The second kappa shape index (κ2) is 12.6. The van der Waals surface area contributed by atoms with Gasteiger partial charge in [0.15, 0.2) is 5.65 Å². The van der Waals surface area contributed by atoms with Crippen LogP contribution in [0, 0.1) is 19.3 Å². The fourth-order valence-corrected chi connectivity index (χ4v) is 4.97. The quantitative estimate of drug-likeness (QED) is 0.134. The fraction of sp³-hybridized carbons (Fsp3) is 0.414. The van der Waals surface area contributed by atoms with Crippen molar-refractivity contribution in [2.45, 2.75) is 76.7 Å². The predicted octanol–water partition coefficient (Wildman–Crippen LogP) is 7.07. The summed E-state index contributed by atoms with van der Waals surface area (Å²) in [5.74, 6) is 3.51. The van der Waals surface area contributed by atoms with Crippen molar-refractivity contribution in [1.82, 2.24) is 24.5 Å². The van der Waals surface area contributed by atoms with Gasteiger partial charge in [0.2, 0.25) is 5.95 Å². The molecule has 2 N–H and O–H groups in total. The van der Waals surface area contributed by atoms with Crippen LogP contribution < -0.4 is 10.0 Å². The molecule has 4 rings (SSSR count). The number of nitrogens with one attached hydrogen (secondary N) is 2. The fourth-order valence-electron chi connectivity index (χ4n) is 4.35. The number of rotatable bonds is 10. The summed E-state index contributed by atoms with van der Waals surface area (Å²) in [5, 5.41) is 9.28. The van der Waals surface area contributed by atoms with E-state index in [1.165, 1.54) is 24.8 Å². The second-order valence-electron chi connectivity index (χ2n) is 9.39. The lowest BCUT2D eigenvalue weighted by Gasteiger charge is -2.22. The third kappa shape index (κ3) is 6.50. The Labute approximate surface area is 219 Å². The number of hydrogen-bond acceptors (Lipinski definition) is 6. The van der Waals surface area contributed by atoms with E-state index in [1.54, 1.807) is 11.9 Å². The average molecular weight is 501 g/mol. The van der Waals surface area contributed by atoms with E-state index in [0.717, 1.165) is 65.1 Å². The number of anilines is 1. The van der Waals surface area contributed by atoms with Gasteiger partial charge in [-0.2, -0.15) is 10.1 Å². The van der Waals surface area contributed by atoms with Gasteiger partial charge in [-0.05, 0) is 69.3 Å². The summed E-state index contributed by atoms with van der Waals surface area (Å²) in [4.78, 5) is 10.6. The van der Waals surface area contributed by atoms with Gasteiger partial charge in [-0.25, -0.2) is 9.67 Å². The number of aromatic nitrogens is 4. The maximum absolute atomic E-state index is 5.98. The van der Waals surface area contributed by atoms with E-state index >= 15 is 0 Å². The molecule has 1 aromatic carbocycles. The molecular weight excluding hydrogens is 464 g/mol. The Bertz CT molecular complexity index is 1260. The van der Waals surface area contributed by atoms with Crippen LogP contribution in [0.2, 0.25) is 0 Å². The number of allylic oxidation sites excluding steroid dienone is 4. The Balaban J connectivity index is 1.61. The minimum atomic E-state index is 0.345. The van der Waals surface area contributed by atoms with Gasteiger partial charge in [0.05, 0.1) is 17.0 Å². The van der Waals surface area contributed by atoms with E-state index in [-0.39, 0.29) is 0 Å². The molecule has 7 heteroatoms. The van der Waals surface area contributed by atoms with Crippen molar-refractivity contribution in [3.63, 3.8) is 0 Å². The van der Waals surface area contributed by atoms with Gasteiger partial charge in [-0.1, -0.05) is 56.2 Å². The first-order valence-electron chi connectivity index (χ1n) is 12.9. The molecule has 3 aromatic rings. The number of nitrogens with zero attached hydrogens (tertiary/aromatic N) is 4. The second-order valence-corrected chi connectivity index (χ2v) is 10.3. The van der Waals surface area contributed by atoms with Crippen molar-refractivity contribution in [1.29, 1.82) is 0 Å². The van der Waals surface area contributed by atoms with E-state index in [0.29, 0.717) is 12.0 Å². The topological polar surface area (TPSA) is 67.7 Å². The lowest BCUT2D eigenvalue weighted by molar-refractivity contribution is 0.335. The van der Waals surface area contributed by atoms with Crippen LogP contribution in [0.25, 0.3) is 16.6 Å². The first-order chi connectivity index (χ1) is 17.6. The van der Waals surface area contributed by atoms with Gasteiger partial charge >= 0.3 is 0 Å². The molecule has 1 saturated carbocycles. The first-order valence-corrected chi connectivity index (χ1v) is 13.7.